The molecule has 0 aliphatic rings. The standard InChI is InChI=1S/C7H9Cl2N3S.C7H9N/c1-2-3-13-7-11-5(8)4(10)6(9)12-7;1-6-2-4-7(8)5-3-6/h2-3,10H2,1H3;2-5H,8H2,1H3. The molecule has 4 nitrogen and oxygen atoms in total. The maximum Gasteiger partial charge on any atom is 0.190 e. The van der Waals surface area contributed by atoms with Crippen LogP contribution >= 0.6 is 35.0 Å². The van der Waals surface area contributed by atoms with Crippen LogP contribution in [0.3, 0.4) is 0 Å². The van der Waals surface area contributed by atoms with Crippen LogP contribution in [0.4, 0.5) is 11.4 Å². The molecule has 1 heterocycles. The van der Waals surface area contributed by atoms with Gasteiger partial charge in [-0.2, -0.15) is 0 Å². The first kappa shape index (κ1) is 17.9. The Bertz CT molecular complexity index is 532. The molecule has 0 saturated carbocycles. The quantitative estimate of drug-likeness (QED) is 0.372. The Kier molecular flexibility index (Phi) is 7.64. The minimum atomic E-state index is 0.221. The second-order valence-corrected chi connectivity index (χ2v) is 6.04. The summed E-state index contributed by atoms with van der Waals surface area (Å²) in [6, 6.07) is 7.79. The summed E-state index contributed by atoms with van der Waals surface area (Å²) in [6.07, 6.45) is 1.05. The van der Waals surface area contributed by atoms with Crippen LogP contribution in [-0.4, -0.2) is 15.7 Å². The molecule has 0 unspecified atom stereocenters. The first-order valence-electron chi connectivity index (χ1n) is 6.37. The van der Waals surface area contributed by atoms with Crippen LogP contribution in [0, 0.1) is 6.92 Å². The Morgan fingerprint density at radius 2 is 1.57 bits per heavy atom. The normalized spacial score (nSPS) is 9.90. The van der Waals surface area contributed by atoms with Crippen molar-refractivity contribution in [3.63, 3.8) is 0 Å². The Morgan fingerprint density at radius 3 is 2.00 bits per heavy atom. The fraction of sp³-hybridized carbons (Fsp3) is 0.286. The van der Waals surface area contributed by atoms with Crippen LogP contribution in [0.5, 0.6) is 0 Å². The van der Waals surface area contributed by atoms with E-state index >= 15 is 0 Å². The maximum absolute atomic E-state index is 5.72. The molecule has 0 spiro atoms. The van der Waals surface area contributed by atoms with E-state index in [-0.39, 0.29) is 16.0 Å². The summed E-state index contributed by atoms with van der Waals surface area (Å²) in [7, 11) is 0. The third-order valence-corrected chi connectivity index (χ3v) is 3.97. The largest absolute Gasteiger partial charge is 0.399 e. The van der Waals surface area contributed by atoms with Gasteiger partial charge in [0, 0.05) is 11.4 Å². The second-order valence-electron chi connectivity index (χ2n) is 4.26. The molecule has 0 atom stereocenters. The van der Waals surface area contributed by atoms with Crippen LogP contribution in [0.1, 0.15) is 18.9 Å². The number of rotatable bonds is 3. The van der Waals surface area contributed by atoms with E-state index in [9.17, 15) is 0 Å². The molecule has 2 aromatic rings. The van der Waals surface area contributed by atoms with Crippen molar-refractivity contribution in [2.45, 2.75) is 25.4 Å². The molecule has 0 aliphatic carbocycles. The molecule has 0 bridgehead atoms. The Hall–Kier alpha value is -1.17. The summed E-state index contributed by atoms with van der Waals surface area (Å²) in [5.41, 5.74) is 13.2. The molecule has 21 heavy (non-hydrogen) atoms. The molecular formula is C14H18Cl2N4S. The predicted octanol–water partition coefficient (Wildman–Crippen LogP) is 4.44. The van der Waals surface area contributed by atoms with Gasteiger partial charge in [-0.3, -0.25) is 0 Å². The number of halogens is 2. The lowest BCUT2D eigenvalue weighted by atomic mass is 10.2. The lowest BCUT2D eigenvalue weighted by molar-refractivity contribution is 0.966. The third-order valence-electron chi connectivity index (χ3n) is 2.34. The van der Waals surface area contributed by atoms with E-state index in [1.807, 2.05) is 31.2 Å². The van der Waals surface area contributed by atoms with Gasteiger partial charge in [0.05, 0.1) is 0 Å². The van der Waals surface area contributed by atoms with Crippen molar-refractivity contribution in [1.29, 1.82) is 0 Å². The summed E-state index contributed by atoms with van der Waals surface area (Å²) in [6.45, 7) is 4.12. The SMILES string of the molecule is CCCSc1nc(Cl)c(N)c(Cl)n1.Cc1ccc(N)cc1. The lowest BCUT2D eigenvalue weighted by Crippen LogP contribution is -1.96. The number of nitrogens with zero attached hydrogens (tertiary/aromatic N) is 2. The number of nitrogens with two attached hydrogens (primary N) is 2. The Morgan fingerprint density at radius 1 is 1.05 bits per heavy atom. The van der Waals surface area contributed by atoms with Gasteiger partial charge in [-0.05, 0) is 25.5 Å². The molecule has 7 heteroatoms. The van der Waals surface area contributed by atoms with Crippen molar-refractivity contribution in [1.82, 2.24) is 9.97 Å². The average Bonchev–Trinajstić information content (AvgIpc) is 2.46. The predicted molar refractivity (Wildman–Crippen MR) is 93.1 cm³/mol. The van der Waals surface area contributed by atoms with E-state index in [2.05, 4.69) is 16.9 Å². The number of hydrogen-bond acceptors (Lipinski definition) is 5. The topological polar surface area (TPSA) is 77.8 Å². The number of aromatic nitrogens is 2. The summed E-state index contributed by atoms with van der Waals surface area (Å²) in [4.78, 5) is 7.96. The van der Waals surface area contributed by atoms with Gasteiger partial charge >= 0.3 is 0 Å². The first-order valence-corrected chi connectivity index (χ1v) is 8.11. The van der Waals surface area contributed by atoms with Gasteiger partial charge in [0.2, 0.25) is 0 Å². The van der Waals surface area contributed by atoms with Crippen LogP contribution in [0.2, 0.25) is 10.3 Å². The number of aryl methyl sites for hydroxylation is 1. The molecule has 4 N–H and O–H groups in total. The van der Waals surface area contributed by atoms with Gasteiger partial charge in [-0.1, -0.05) is 59.6 Å². The van der Waals surface area contributed by atoms with Gasteiger partial charge in [-0.15, -0.1) is 0 Å². The highest BCUT2D eigenvalue weighted by atomic mass is 35.5. The van der Waals surface area contributed by atoms with E-state index in [1.54, 1.807) is 0 Å². The molecular weight excluding hydrogens is 327 g/mol. The molecule has 0 fully saturated rings. The number of thioether (sulfide) groups is 1. The molecule has 0 radical (unpaired) electrons. The average molecular weight is 345 g/mol. The van der Waals surface area contributed by atoms with Crippen molar-refractivity contribution in [3.8, 4) is 0 Å². The number of anilines is 2. The van der Waals surface area contributed by atoms with Crippen LogP contribution in [0.15, 0.2) is 29.4 Å². The van der Waals surface area contributed by atoms with E-state index < -0.39 is 0 Å². The van der Waals surface area contributed by atoms with E-state index in [1.165, 1.54) is 17.3 Å². The first-order chi connectivity index (χ1) is 9.93. The minimum Gasteiger partial charge on any atom is -0.399 e. The summed E-state index contributed by atoms with van der Waals surface area (Å²) >= 11 is 13.0. The van der Waals surface area contributed by atoms with Crippen molar-refractivity contribution >= 4 is 46.3 Å². The molecule has 0 amide bonds. The van der Waals surface area contributed by atoms with E-state index in [4.69, 9.17) is 34.7 Å². The Labute approximate surface area is 139 Å². The van der Waals surface area contributed by atoms with Crippen molar-refractivity contribution in [3.05, 3.63) is 40.1 Å². The van der Waals surface area contributed by atoms with Gasteiger partial charge in [0.25, 0.3) is 0 Å². The van der Waals surface area contributed by atoms with E-state index in [0.29, 0.717) is 5.16 Å². The van der Waals surface area contributed by atoms with Gasteiger partial charge < -0.3 is 11.5 Å². The van der Waals surface area contributed by atoms with Crippen molar-refractivity contribution in [2.75, 3.05) is 17.2 Å². The highest BCUT2D eigenvalue weighted by Crippen LogP contribution is 2.26. The highest BCUT2D eigenvalue weighted by Gasteiger charge is 2.07. The number of nitrogen functional groups attached to an aromatic ring is 2. The van der Waals surface area contributed by atoms with Crippen LogP contribution in [-0.2, 0) is 0 Å². The third kappa shape index (κ3) is 6.42. The minimum absolute atomic E-state index is 0.221. The molecule has 1 aromatic carbocycles. The zero-order valence-electron chi connectivity index (χ0n) is 11.9. The van der Waals surface area contributed by atoms with Crippen LogP contribution in [0.25, 0.3) is 0 Å². The van der Waals surface area contributed by atoms with Gasteiger partial charge in [0.1, 0.15) is 5.69 Å². The van der Waals surface area contributed by atoms with Gasteiger partial charge in [0.15, 0.2) is 15.5 Å². The zero-order valence-corrected chi connectivity index (χ0v) is 14.3. The highest BCUT2D eigenvalue weighted by molar-refractivity contribution is 7.99. The van der Waals surface area contributed by atoms with Crippen molar-refractivity contribution in [2.24, 2.45) is 0 Å². The number of hydrogen-bond donors (Lipinski definition) is 2. The fourth-order valence-electron chi connectivity index (χ4n) is 1.22. The fourth-order valence-corrected chi connectivity index (χ4v) is 2.41. The zero-order chi connectivity index (χ0) is 15.8. The summed E-state index contributed by atoms with van der Waals surface area (Å²) in [5.74, 6) is 0.941. The number of benzene rings is 1. The summed E-state index contributed by atoms with van der Waals surface area (Å²) in [5, 5.41) is 1.02. The smallest absolute Gasteiger partial charge is 0.190 e. The van der Waals surface area contributed by atoms with Gasteiger partial charge in [-0.25, -0.2) is 9.97 Å². The monoisotopic (exact) mass is 344 g/mol. The van der Waals surface area contributed by atoms with Crippen LogP contribution < -0.4 is 11.5 Å². The lowest BCUT2D eigenvalue weighted by Gasteiger charge is -2.02. The maximum atomic E-state index is 5.72. The second kappa shape index (κ2) is 8.97. The van der Waals surface area contributed by atoms with E-state index in [0.717, 1.165) is 17.9 Å². The van der Waals surface area contributed by atoms with Crippen molar-refractivity contribution < 1.29 is 0 Å². The molecule has 114 valence electrons. The molecule has 1 aromatic heterocycles. The summed E-state index contributed by atoms with van der Waals surface area (Å²) < 4.78 is 0. The molecule has 0 aliphatic heterocycles. The molecule has 0 saturated heterocycles. The molecule has 2 rings (SSSR count). The Balaban J connectivity index is 0.000000235.